The highest BCUT2D eigenvalue weighted by Gasteiger charge is 2.45. The third-order valence-corrected chi connectivity index (χ3v) is 17.9. The van der Waals surface area contributed by atoms with Crippen LogP contribution in [0.3, 0.4) is 0 Å². The van der Waals surface area contributed by atoms with Crippen LogP contribution in [0.15, 0.2) is 0 Å². The molecule has 636 valence electrons. The second-order valence-corrected chi connectivity index (χ2v) is 27.4. The Morgan fingerprint density at radius 1 is 0.442 bits per heavy atom. The van der Waals surface area contributed by atoms with Crippen molar-refractivity contribution in [2.24, 2.45) is 52.7 Å². The molecule has 0 aromatic rings. The van der Waals surface area contributed by atoms with Crippen molar-refractivity contribution in [1.29, 1.82) is 0 Å². The average molecular weight is 1620 g/mol. The zero-order valence-corrected chi connectivity index (χ0v) is 62.9. The molecule has 2 rings (SSSR count). The normalized spacial score (nSPS) is 27.4. The van der Waals surface area contributed by atoms with Crippen LogP contribution in [0.2, 0.25) is 0 Å². The van der Waals surface area contributed by atoms with E-state index in [0.29, 0.717) is 0 Å². The molecular formula is C66H104N14O33. The number of amides is 12. The minimum atomic E-state index is -2.52. The topological polar surface area (TPSA) is 812 Å². The molecule has 0 bridgehead atoms. The molecule has 2 heterocycles. The molecule has 21 unspecified atom stereocenters. The van der Waals surface area contributed by atoms with Gasteiger partial charge < -0.3 is 137 Å². The number of hydrogen-bond acceptors (Lipinski definition) is 33. The highest BCUT2D eigenvalue weighted by molar-refractivity contribution is 6.35. The number of carboxylic acid groups (broad SMARTS) is 2. The van der Waals surface area contributed by atoms with Gasteiger partial charge >= 0.3 is 11.9 Å². The van der Waals surface area contributed by atoms with Gasteiger partial charge in [-0.05, 0) is 45.4 Å². The van der Waals surface area contributed by atoms with Gasteiger partial charge in [0.2, 0.25) is 71.0 Å². The molecule has 47 heteroatoms. The van der Waals surface area contributed by atoms with E-state index >= 15 is 0 Å². The molecule has 0 aromatic heterocycles. The summed E-state index contributed by atoms with van der Waals surface area (Å²) < 4.78 is 0. The number of carbonyl (C=O) groups excluding carboxylic acids is 19. The minimum Gasteiger partial charge on any atom is -0.479 e. The van der Waals surface area contributed by atoms with Gasteiger partial charge in [0, 0.05) is 95.3 Å². The Hall–Kier alpha value is -10.2. The van der Waals surface area contributed by atoms with E-state index in [-0.39, 0.29) is 13.1 Å². The summed E-state index contributed by atoms with van der Waals surface area (Å²) in [6.45, 7) is 6.99. The molecule has 2 fully saturated rings. The van der Waals surface area contributed by atoms with E-state index in [0.717, 1.165) is 20.8 Å². The Morgan fingerprint density at radius 2 is 0.779 bits per heavy atom. The van der Waals surface area contributed by atoms with Gasteiger partial charge in [-0.1, -0.05) is 27.7 Å². The zero-order chi connectivity index (χ0) is 87.1. The second kappa shape index (κ2) is 48.0. The first-order valence-electron chi connectivity index (χ1n) is 35.2. The average Bonchev–Trinajstić information content (AvgIpc) is 0.836. The van der Waals surface area contributed by atoms with E-state index in [1.165, 1.54) is 34.6 Å². The van der Waals surface area contributed by atoms with Crippen molar-refractivity contribution in [3.8, 4) is 0 Å². The summed E-state index contributed by atoms with van der Waals surface area (Å²) >= 11 is 0. The molecule has 113 heavy (non-hydrogen) atoms. The highest BCUT2D eigenvalue weighted by atomic mass is 16.4. The van der Waals surface area contributed by atoms with Crippen molar-refractivity contribution in [2.45, 2.75) is 210 Å². The van der Waals surface area contributed by atoms with E-state index in [4.69, 9.17) is 17.2 Å². The fraction of sp³-hybridized carbons (Fsp3) is 0.682. The number of ketones is 7. The van der Waals surface area contributed by atoms with E-state index in [9.17, 15) is 162 Å². The fourth-order valence-corrected chi connectivity index (χ4v) is 10.8. The molecule has 2 saturated heterocycles. The van der Waals surface area contributed by atoms with Gasteiger partial charge in [-0.3, -0.25) is 91.1 Å². The number of carbonyl (C=O) groups is 21. The molecule has 2 aliphatic rings. The largest absolute Gasteiger partial charge is 0.479 e. The van der Waals surface area contributed by atoms with Crippen LogP contribution in [0.25, 0.3) is 0 Å². The molecule has 0 saturated carbocycles. The summed E-state index contributed by atoms with van der Waals surface area (Å²) in [5.74, 6) is -35.0. The molecule has 47 nitrogen and oxygen atoms in total. The first-order chi connectivity index (χ1) is 52.4. The quantitative estimate of drug-likeness (QED) is 0.0334. The Bertz CT molecular complexity index is 3480. The number of aliphatic hydroxyl groups excluding tert-OH is 10. The van der Waals surface area contributed by atoms with Crippen LogP contribution in [0.1, 0.15) is 107 Å². The lowest BCUT2D eigenvalue weighted by atomic mass is 9.84. The molecule has 0 aliphatic carbocycles. The first-order valence-corrected chi connectivity index (χ1v) is 35.2. The van der Waals surface area contributed by atoms with Crippen LogP contribution >= 0.6 is 0 Å². The summed E-state index contributed by atoms with van der Waals surface area (Å²) in [4.78, 5) is 270. The van der Waals surface area contributed by atoms with Gasteiger partial charge in [-0.15, -0.1) is 0 Å². The van der Waals surface area contributed by atoms with Gasteiger partial charge in [0.15, 0.2) is 35.3 Å². The number of aliphatic hydroxyl groups is 10. The SMILES string of the molecule is CC(=O)C(=O)NCC1NC(=O)C(C(=O)O)NC(=O)C(O)CCC(=O)C(C(C)O)NC(=O)C(C(O)C(O)C(N)=O)NC(=O)C(C(C)C)CC(=O)C(CO)CC1=O.CC(NCCN)C(=O)NCC1NC(=O)C(C(=O)O)NC(=O)C(O)CCC(=O)C(C(C)O)NC(=O)C(C(O)C(O)C(N)=O)NC(=O)C(C(C)C)CC(=O)C(CO)CC1=O. The maximum Gasteiger partial charge on any atom is 0.336 e. The third kappa shape index (κ3) is 32.1. The van der Waals surface area contributed by atoms with Gasteiger partial charge in [0.1, 0.15) is 72.2 Å². The Labute approximate surface area is 643 Å². The number of primary amides is 2. The molecule has 2 aliphatic heterocycles. The smallest absolute Gasteiger partial charge is 0.336 e. The lowest BCUT2D eigenvalue weighted by molar-refractivity contribution is -0.149. The van der Waals surface area contributed by atoms with Crippen molar-refractivity contribution in [3.63, 3.8) is 0 Å². The van der Waals surface area contributed by atoms with Crippen LogP contribution in [0.4, 0.5) is 0 Å². The van der Waals surface area contributed by atoms with Crippen molar-refractivity contribution < 1.29 is 162 Å². The summed E-state index contributed by atoms with van der Waals surface area (Å²) in [5, 5.41) is 146. The summed E-state index contributed by atoms with van der Waals surface area (Å²) in [6.07, 6.45) is -24.2. The predicted molar refractivity (Wildman–Crippen MR) is 377 cm³/mol. The molecular weight excluding hydrogens is 1520 g/mol. The van der Waals surface area contributed by atoms with E-state index in [1.807, 2.05) is 16.0 Å². The van der Waals surface area contributed by atoms with Crippen LogP contribution in [0, 0.1) is 35.5 Å². The molecule has 29 N–H and O–H groups in total. The molecule has 0 radical (unpaired) electrons. The number of nitrogens with two attached hydrogens (primary N) is 3. The van der Waals surface area contributed by atoms with Gasteiger partial charge in [0.05, 0.1) is 31.5 Å². The summed E-state index contributed by atoms with van der Waals surface area (Å²) in [6, 6.07) is -17.9. The van der Waals surface area contributed by atoms with Gasteiger partial charge in [-0.2, -0.15) is 0 Å². The van der Waals surface area contributed by atoms with Crippen LogP contribution < -0.4 is 75.7 Å². The fourth-order valence-electron chi connectivity index (χ4n) is 10.8. The van der Waals surface area contributed by atoms with Crippen molar-refractivity contribution in [1.82, 2.24) is 58.5 Å². The van der Waals surface area contributed by atoms with Crippen LogP contribution in [0.5, 0.6) is 0 Å². The maximum atomic E-state index is 13.6. The number of nitrogens with one attached hydrogen (secondary N) is 11. The molecule has 21 atom stereocenters. The first kappa shape index (κ1) is 101. The van der Waals surface area contributed by atoms with Crippen LogP contribution in [-0.4, -0.2) is 327 Å². The number of Topliss-reactive ketones (excluding diaryl/α,β-unsaturated/α-hetero) is 7. The van der Waals surface area contributed by atoms with Gasteiger partial charge in [0.25, 0.3) is 17.7 Å². The summed E-state index contributed by atoms with van der Waals surface area (Å²) in [7, 11) is 0. The van der Waals surface area contributed by atoms with Crippen molar-refractivity contribution >= 4 is 123 Å². The van der Waals surface area contributed by atoms with Crippen molar-refractivity contribution in [3.05, 3.63) is 0 Å². The molecule has 12 amide bonds. The maximum absolute atomic E-state index is 13.6. The molecule has 0 spiro atoms. The Kier molecular flexibility index (Phi) is 42.8. The van der Waals surface area contributed by atoms with Gasteiger partial charge in [-0.25, -0.2) is 9.59 Å². The lowest BCUT2D eigenvalue weighted by Gasteiger charge is -2.30. The highest BCUT2D eigenvalue weighted by Crippen LogP contribution is 2.24. The standard InChI is InChI=1S/C34H56N8O16.C32H48N6O17/c1-13(2)17-10-21(47)16(12-43)9-22(48)18(11-38-29(52)14(3)37-8-7-35)39-33(56)25(34(57)58)42-31(54)20(46)6-5-19(45)23(15(4)44)40-32(55)24(41-30(17)53)26(49)27(50)28(36)51;1-11(2)15-8-19(44)14(10-39)7-20(45)16(9-34-27(49)13(4)41)35-31(53)23(32(54)55)38-29(51)18(43)6-5-17(42)21(12(3)40)36-30(52)22(37-28(15)50)24(46)25(47)26(33)48/h13-18,20,23-27,37,43-44,46,49-50H,5-12,35H2,1-4H3,(H2,36,51)(H,38,52)(H,39,56)(H,40,55)(H,41,53)(H,42,54)(H,57,58);11-12,14-16,18,21-25,39-40,43,46-47H,5-10H2,1-4H3,(H2,33,48)(H,34,49)(H,35,53)(H,36,52)(H,37,50)(H,38,51)(H,54,55). The van der Waals surface area contributed by atoms with E-state index in [2.05, 4.69) is 31.9 Å². The monoisotopic (exact) mass is 1620 g/mol. The van der Waals surface area contributed by atoms with E-state index < -0.39 is 340 Å². The number of rotatable bonds is 23. The van der Waals surface area contributed by atoms with Crippen molar-refractivity contribution in [2.75, 3.05) is 39.4 Å². The predicted octanol–water partition coefficient (Wildman–Crippen LogP) is -15.0. The number of carboxylic acids is 2. The number of hydrogen-bond donors (Lipinski definition) is 26. The zero-order valence-electron chi connectivity index (χ0n) is 62.9. The summed E-state index contributed by atoms with van der Waals surface area (Å²) in [5.41, 5.74) is 15.6. The molecule has 0 aromatic carbocycles. The third-order valence-electron chi connectivity index (χ3n) is 17.9. The number of aliphatic carboxylic acids is 2. The Balaban J connectivity index is 0.00000113. The minimum absolute atomic E-state index is 0.163. The Morgan fingerprint density at radius 3 is 1.07 bits per heavy atom. The lowest BCUT2D eigenvalue weighted by Crippen LogP contribution is -2.62. The second-order valence-electron chi connectivity index (χ2n) is 27.4. The van der Waals surface area contributed by atoms with Crippen LogP contribution in [-0.2, 0) is 101 Å². The van der Waals surface area contributed by atoms with E-state index in [1.54, 1.807) is 10.6 Å².